The van der Waals surface area contributed by atoms with Gasteiger partial charge in [-0.05, 0) is 0 Å². The average molecular weight is 127 g/mol. The maximum absolute atomic E-state index is 10.2. The standard InChI is InChI=1S/C4H4BO4/c6-2-1-4(8)9-5-3-7/h2-3H,1H2. The first-order chi connectivity index (χ1) is 4.31. The molecule has 0 unspecified atom stereocenters. The van der Waals surface area contributed by atoms with Crippen LogP contribution in [0.25, 0.3) is 0 Å². The van der Waals surface area contributed by atoms with Crippen LogP contribution in [0, 0.1) is 0 Å². The van der Waals surface area contributed by atoms with Crippen molar-refractivity contribution < 1.29 is 19.0 Å². The lowest BCUT2D eigenvalue weighted by molar-refractivity contribution is -0.135. The Morgan fingerprint density at radius 2 is 2.22 bits per heavy atom. The fraction of sp³-hybridized carbons (Fsp3) is 0.250. The molecule has 0 aliphatic carbocycles. The van der Waals surface area contributed by atoms with E-state index >= 15 is 0 Å². The van der Waals surface area contributed by atoms with Crippen LogP contribution >= 0.6 is 0 Å². The molecule has 0 aromatic heterocycles. The summed E-state index contributed by atoms with van der Waals surface area (Å²) >= 11 is 0. The van der Waals surface area contributed by atoms with Crippen LogP contribution in [0.2, 0.25) is 0 Å². The molecule has 1 radical (unpaired) electrons. The number of hydrogen-bond donors (Lipinski definition) is 0. The number of rotatable bonds is 4. The number of hydrogen-bond acceptors (Lipinski definition) is 4. The van der Waals surface area contributed by atoms with Gasteiger partial charge in [0.15, 0.2) is 0 Å². The molecule has 0 aliphatic rings. The Labute approximate surface area is 52.5 Å². The van der Waals surface area contributed by atoms with Crippen LogP contribution in [0.3, 0.4) is 0 Å². The summed E-state index contributed by atoms with van der Waals surface area (Å²) in [5, 5.41) is 0. The summed E-state index contributed by atoms with van der Waals surface area (Å²) in [6.45, 7) is 0. The predicted molar refractivity (Wildman–Crippen MR) is 29.3 cm³/mol. The van der Waals surface area contributed by atoms with Gasteiger partial charge in [-0.15, -0.1) is 0 Å². The van der Waals surface area contributed by atoms with Gasteiger partial charge in [-0.25, -0.2) is 0 Å². The smallest absolute Gasteiger partial charge is 0.448 e. The third kappa shape index (κ3) is 4.73. The van der Waals surface area contributed by atoms with Crippen molar-refractivity contribution in [3.8, 4) is 0 Å². The largest absolute Gasteiger partial charge is 0.530 e. The van der Waals surface area contributed by atoms with Crippen molar-refractivity contribution in [3.63, 3.8) is 0 Å². The lowest BCUT2D eigenvalue weighted by atomic mass is 10.1. The molecule has 0 aliphatic heterocycles. The van der Waals surface area contributed by atoms with E-state index in [0.29, 0.717) is 20.0 Å². The normalized spacial score (nSPS) is 7.56. The summed E-state index contributed by atoms with van der Waals surface area (Å²) in [6, 6.07) is 0. The molecule has 9 heavy (non-hydrogen) atoms. The van der Waals surface area contributed by atoms with E-state index < -0.39 is 5.97 Å². The topological polar surface area (TPSA) is 60.4 Å². The molecule has 5 heteroatoms. The molecular formula is C4H4BO4. The summed E-state index contributed by atoms with van der Waals surface area (Å²) in [5.41, 5.74) is 0. The molecule has 0 saturated heterocycles. The van der Waals surface area contributed by atoms with Crippen molar-refractivity contribution in [1.82, 2.24) is 0 Å². The van der Waals surface area contributed by atoms with Crippen molar-refractivity contribution in [2.45, 2.75) is 6.42 Å². The number of carbonyl (C=O) groups is 3. The van der Waals surface area contributed by atoms with Gasteiger partial charge in [0.25, 0.3) is 5.97 Å². The van der Waals surface area contributed by atoms with E-state index in [1.54, 1.807) is 0 Å². The highest BCUT2D eigenvalue weighted by molar-refractivity contribution is 6.62. The monoisotopic (exact) mass is 127 g/mol. The Bertz CT molecular complexity index is 122. The van der Waals surface area contributed by atoms with E-state index in [2.05, 4.69) is 4.65 Å². The summed E-state index contributed by atoms with van der Waals surface area (Å²) in [6.07, 6.45) is 0.411. The molecule has 0 amide bonds. The first-order valence-corrected chi connectivity index (χ1v) is 2.21. The van der Waals surface area contributed by atoms with Gasteiger partial charge in [-0.3, -0.25) is 4.79 Å². The molecule has 0 heterocycles. The first kappa shape index (κ1) is 7.87. The zero-order valence-electron chi connectivity index (χ0n) is 4.57. The molecule has 0 spiro atoms. The van der Waals surface area contributed by atoms with Crippen LogP contribution in [-0.2, 0) is 19.0 Å². The second-order valence-electron chi connectivity index (χ2n) is 1.13. The van der Waals surface area contributed by atoms with Crippen molar-refractivity contribution in [3.05, 3.63) is 0 Å². The molecule has 0 aromatic rings. The average Bonchev–Trinajstić information content (AvgIpc) is 1.85. The van der Waals surface area contributed by atoms with Gasteiger partial charge >= 0.3 is 7.48 Å². The van der Waals surface area contributed by atoms with Crippen LogP contribution in [0.15, 0.2) is 0 Å². The van der Waals surface area contributed by atoms with Crippen LogP contribution in [0.4, 0.5) is 0 Å². The minimum atomic E-state index is -0.725. The van der Waals surface area contributed by atoms with Gasteiger partial charge in [-0.1, -0.05) is 0 Å². The summed E-state index contributed by atoms with van der Waals surface area (Å²) in [7, 11) is 0.686. The lowest BCUT2D eigenvalue weighted by Crippen LogP contribution is -2.09. The van der Waals surface area contributed by atoms with E-state index in [1.165, 1.54) is 0 Å². The van der Waals surface area contributed by atoms with E-state index in [1.807, 2.05) is 0 Å². The predicted octanol–water partition coefficient (Wildman–Crippen LogP) is -1.07. The second kappa shape index (κ2) is 5.02. The highest BCUT2D eigenvalue weighted by Gasteiger charge is 1.99. The highest BCUT2D eigenvalue weighted by atomic mass is 16.5. The summed E-state index contributed by atoms with van der Waals surface area (Å²) < 4.78 is 4.07. The van der Waals surface area contributed by atoms with E-state index in [-0.39, 0.29) is 6.42 Å². The quantitative estimate of drug-likeness (QED) is 0.274. The van der Waals surface area contributed by atoms with Crippen LogP contribution in [0.5, 0.6) is 0 Å². The molecule has 0 atom stereocenters. The zero-order valence-corrected chi connectivity index (χ0v) is 4.57. The molecule has 4 nitrogen and oxygen atoms in total. The molecule has 0 aromatic carbocycles. The second-order valence-corrected chi connectivity index (χ2v) is 1.13. The highest BCUT2D eigenvalue weighted by Crippen LogP contribution is 1.77. The van der Waals surface area contributed by atoms with Gasteiger partial charge in [0, 0.05) is 0 Å². The summed E-state index contributed by atoms with van der Waals surface area (Å²) in [5.74, 6) is -0.725. The fourth-order valence-corrected chi connectivity index (χ4v) is 0.220. The van der Waals surface area contributed by atoms with Crippen molar-refractivity contribution >= 4 is 25.9 Å². The Kier molecular flexibility index (Phi) is 4.39. The Morgan fingerprint density at radius 3 is 2.67 bits per heavy atom. The van der Waals surface area contributed by atoms with Crippen LogP contribution in [-0.4, -0.2) is 25.9 Å². The van der Waals surface area contributed by atoms with Crippen LogP contribution in [0.1, 0.15) is 6.42 Å². The van der Waals surface area contributed by atoms with Crippen molar-refractivity contribution in [1.29, 1.82) is 0 Å². The number of aldehydes is 1. The SMILES string of the molecule is O=C[B]OC(=O)CC=O. The van der Waals surface area contributed by atoms with Gasteiger partial charge < -0.3 is 14.2 Å². The molecule has 0 rings (SSSR count). The molecule has 0 bridgehead atoms. The van der Waals surface area contributed by atoms with Crippen molar-refractivity contribution in [2.24, 2.45) is 0 Å². The maximum atomic E-state index is 10.2. The van der Waals surface area contributed by atoms with Gasteiger partial charge in [0.1, 0.15) is 12.5 Å². The molecular weight excluding hydrogens is 123 g/mol. The molecule has 47 valence electrons. The molecule has 0 N–H and O–H groups in total. The zero-order chi connectivity index (χ0) is 7.11. The van der Waals surface area contributed by atoms with E-state index in [0.717, 1.165) is 0 Å². The van der Waals surface area contributed by atoms with Gasteiger partial charge in [0.2, 0.25) is 0 Å². The molecule has 0 saturated carbocycles. The maximum Gasteiger partial charge on any atom is 0.448 e. The summed E-state index contributed by atoms with van der Waals surface area (Å²) in [4.78, 5) is 29.2. The van der Waals surface area contributed by atoms with Gasteiger partial charge in [0.05, 0.1) is 6.42 Å². The lowest BCUT2D eigenvalue weighted by Gasteiger charge is -1.91. The fourth-order valence-electron chi connectivity index (χ4n) is 0.220. The molecule has 0 fully saturated rings. The van der Waals surface area contributed by atoms with E-state index in [4.69, 9.17) is 0 Å². The van der Waals surface area contributed by atoms with E-state index in [9.17, 15) is 14.4 Å². The Balaban J connectivity index is 3.26. The Morgan fingerprint density at radius 1 is 1.56 bits per heavy atom. The third-order valence-electron chi connectivity index (χ3n) is 0.505. The number of carbonyl (C=O) groups excluding carboxylic acids is 3. The first-order valence-electron chi connectivity index (χ1n) is 2.21. The van der Waals surface area contributed by atoms with Crippen molar-refractivity contribution in [2.75, 3.05) is 0 Å². The third-order valence-corrected chi connectivity index (χ3v) is 0.505. The minimum Gasteiger partial charge on any atom is -0.530 e. The minimum absolute atomic E-state index is 0.315. The Hall–Kier alpha value is -1.13. The van der Waals surface area contributed by atoms with Crippen LogP contribution < -0.4 is 0 Å². The van der Waals surface area contributed by atoms with Gasteiger partial charge in [-0.2, -0.15) is 0 Å².